The summed E-state index contributed by atoms with van der Waals surface area (Å²) in [6.07, 6.45) is 7.40. The predicted octanol–water partition coefficient (Wildman–Crippen LogP) is 4.53. The fourth-order valence-electron chi connectivity index (χ4n) is 4.86. The number of amides is 1. The summed E-state index contributed by atoms with van der Waals surface area (Å²) in [5.74, 6) is -0.702. The van der Waals surface area contributed by atoms with Crippen molar-refractivity contribution < 1.29 is 10.6 Å². The molecule has 7 rings (SSSR count). The Labute approximate surface area is 212 Å². The van der Waals surface area contributed by atoms with Crippen LogP contribution in [-0.2, 0) is 4.79 Å². The number of fused-ring (bicyclic) bond motifs is 3. The maximum Gasteiger partial charge on any atom is 0.266 e. The van der Waals surface area contributed by atoms with Crippen LogP contribution in [0.15, 0.2) is 107 Å². The first kappa shape index (κ1) is 20.3. The Kier molecular flexibility index (Phi) is 4.59. The number of H-pyrrole nitrogens is 1. The molecule has 1 amide bonds. The number of hydrogen-bond acceptors (Lipinski definition) is 6. The molecule has 0 fully saturated rings. The molecule has 37 heavy (non-hydrogen) atoms. The number of benzodiazepines with no additional fused rings is 1. The number of nitrogens with zero attached hydrogens (tertiary/aromatic N) is 5. The highest BCUT2D eigenvalue weighted by Gasteiger charge is 2.43. The Hall–Kier alpha value is -4.89. The molecule has 2 aromatic carbocycles. The number of hydrogen-bond donors (Lipinski definition) is 2. The summed E-state index contributed by atoms with van der Waals surface area (Å²) >= 11 is 0. The maximum absolute atomic E-state index is 15.0. The summed E-state index contributed by atoms with van der Waals surface area (Å²) in [6.45, 7) is 0. The van der Waals surface area contributed by atoms with Crippen LogP contribution < -0.4 is 5.32 Å². The van der Waals surface area contributed by atoms with E-state index in [1.165, 1.54) is 6.07 Å². The fraction of sp³-hybridized carbons (Fsp3) is 0.0714. The van der Waals surface area contributed by atoms with E-state index in [-0.39, 0.29) is 11.7 Å². The van der Waals surface area contributed by atoms with E-state index in [1.807, 2.05) is 42.5 Å². The molecule has 8 nitrogen and oxygen atoms in total. The molecule has 0 spiro atoms. The third-order valence-electron chi connectivity index (χ3n) is 6.54. The first-order valence-electron chi connectivity index (χ1n) is 12.3. The van der Waals surface area contributed by atoms with Crippen molar-refractivity contribution in [3.8, 4) is 0 Å². The van der Waals surface area contributed by atoms with Crippen LogP contribution in [0.3, 0.4) is 0 Å². The number of allylic oxidation sites excluding steroid dienone is 1. The van der Waals surface area contributed by atoms with E-state index in [1.54, 1.807) is 53.0 Å². The molecular formula is C28H20FN7O. The van der Waals surface area contributed by atoms with Crippen molar-refractivity contribution in [3.05, 3.63) is 120 Å². The lowest BCUT2D eigenvalue weighted by molar-refractivity contribution is -0.126. The lowest BCUT2D eigenvalue weighted by Crippen LogP contribution is -2.48. The molecule has 1 unspecified atom stereocenters. The first-order chi connectivity index (χ1) is 18.6. The molecule has 9 heteroatoms. The highest BCUT2D eigenvalue weighted by atomic mass is 19.1. The number of benzene rings is 2. The second-order valence-electron chi connectivity index (χ2n) is 8.77. The zero-order chi connectivity index (χ0) is 25.8. The smallest absolute Gasteiger partial charge is 0.266 e. The van der Waals surface area contributed by atoms with Gasteiger partial charge in [-0.3, -0.25) is 14.8 Å². The van der Waals surface area contributed by atoms with Crippen LogP contribution >= 0.6 is 0 Å². The Morgan fingerprint density at radius 3 is 2.86 bits per heavy atom. The summed E-state index contributed by atoms with van der Waals surface area (Å²) in [7, 11) is 0. The van der Waals surface area contributed by atoms with Crippen molar-refractivity contribution in [3.63, 3.8) is 0 Å². The number of anilines is 1. The number of para-hydroxylation sites is 1. The van der Waals surface area contributed by atoms with Crippen molar-refractivity contribution in [1.82, 2.24) is 20.0 Å². The Morgan fingerprint density at radius 1 is 1.08 bits per heavy atom. The Bertz CT molecular complexity index is 1730. The highest BCUT2D eigenvalue weighted by Crippen LogP contribution is 2.39. The summed E-state index contributed by atoms with van der Waals surface area (Å²) in [4.78, 5) is 30.8. The molecule has 3 aliphatic heterocycles. The topological polar surface area (TPSA) is 89.0 Å². The molecule has 0 radical (unpaired) electrons. The van der Waals surface area contributed by atoms with Gasteiger partial charge in [0.15, 0.2) is 6.17 Å². The third kappa shape index (κ3) is 3.47. The molecule has 0 saturated carbocycles. The Morgan fingerprint density at radius 2 is 1.97 bits per heavy atom. The number of carbonyl (C=O) groups is 1. The largest absolute Gasteiger partial charge is 0.346 e. The number of aromatic nitrogens is 2. The van der Waals surface area contributed by atoms with Gasteiger partial charge in [0.25, 0.3) is 5.91 Å². The molecule has 4 aromatic rings. The van der Waals surface area contributed by atoms with Crippen molar-refractivity contribution in [2.75, 3.05) is 5.32 Å². The van der Waals surface area contributed by atoms with Gasteiger partial charge in [-0.2, -0.15) is 5.01 Å². The third-order valence-corrected chi connectivity index (χ3v) is 6.54. The van der Waals surface area contributed by atoms with Crippen molar-refractivity contribution >= 4 is 34.6 Å². The number of aromatic amines is 1. The van der Waals surface area contributed by atoms with Gasteiger partial charge in [0.05, 0.1) is 18.8 Å². The van der Waals surface area contributed by atoms with Gasteiger partial charge in [0.2, 0.25) is 0 Å². The zero-order valence-electron chi connectivity index (χ0n) is 20.3. The lowest BCUT2D eigenvalue weighted by Gasteiger charge is -2.36. The Balaban J connectivity index is 1.43. The average molecular weight is 491 g/mol. The van der Waals surface area contributed by atoms with E-state index in [4.69, 9.17) is 6.36 Å². The molecule has 5 heterocycles. The second-order valence-corrected chi connectivity index (χ2v) is 8.77. The maximum atomic E-state index is 15.0. The highest BCUT2D eigenvalue weighted by molar-refractivity contribution is 6.19. The molecule has 0 aliphatic carbocycles. The average Bonchev–Trinajstić information content (AvgIpc) is 3.49. The second kappa shape index (κ2) is 8.35. The van der Waals surface area contributed by atoms with Crippen molar-refractivity contribution in [2.45, 2.75) is 12.2 Å². The van der Waals surface area contributed by atoms with E-state index in [0.717, 1.165) is 16.6 Å². The minimum Gasteiger partial charge on any atom is -0.346 e. The van der Waals surface area contributed by atoms with Crippen LogP contribution in [-0.4, -0.2) is 44.0 Å². The van der Waals surface area contributed by atoms with Gasteiger partial charge in [0, 0.05) is 41.3 Å². The number of halogens is 1. The van der Waals surface area contributed by atoms with Crippen molar-refractivity contribution in [2.24, 2.45) is 9.98 Å². The van der Waals surface area contributed by atoms with E-state index in [2.05, 4.69) is 20.3 Å². The van der Waals surface area contributed by atoms with Gasteiger partial charge >= 0.3 is 0 Å². The number of pyridine rings is 1. The molecule has 2 aromatic heterocycles. The number of carbonyl (C=O) groups excluding carboxylic acids is 1. The molecule has 3 aliphatic rings. The first-order valence-corrected chi connectivity index (χ1v) is 11.8. The van der Waals surface area contributed by atoms with E-state index in [0.29, 0.717) is 22.7 Å². The van der Waals surface area contributed by atoms with Gasteiger partial charge < -0.3 is 10.3 Å². The van der Waals surface area contributed by atoms with Gasteiger partial charge in [-0.25, -0.2) is 14.4 Å². The normalized spacial score (nSPS) is 21.4. The van der Waals surface area contributed by atoms with Crippen LogP contribution in [0.5, 0.6) is 0 Å². The number of rotatable bonds is 3. The quantitative estimate of drug-likeness (QED) is 0.442. The minimum absolute atomic E-state index is 0.0697. The molecular weight excluding hydrogens is 469 g/mol. The van der Waals surface area contributed by atoms with Gasteiger partial charge in [-0.1, -0.05) is 42.5 Å². The monoisotopic (exact) mass is 490 g/mol. The molecule has 0 saturated heterocycles. The number of aliphatic imine (C=N–C) groups is 2. The number of hydrazine groups is 1. The van der Waals surface area contributed by atoms with Gasteiger partial charge in [-0.15, -0.1) is 0 Å². The summed E-state index contributed by atoms with van der Waals surface area (Å²) in [6, 6.07) is 17.3. The molecule has 2 atom stereocenters. The SMILES string of the molecule is [2H]C1=C2N=CC=CN2N([C@@H]2N=C(c3ccccc3)c3cccc(F)c3NC2=O)C1c1cnc2[nH]ccc2c1. The summed E-state index contributed by atoms with van der Waals surface area (Å²) < 4.78 is 24.1. The molecule has 2 N–H and O–H groups in total. The molecule has 0 bridgehead atoms. The van der Waals surface area contributed by atoms with Crippen molar-refractivity contribution in [1.29, 1.82) is 0 Å². The lowest BCUT2D eigenvalue weighted by atomic mass is 10.0. The zero-order valence-corrected chi connectivity index (χ0v) is 19.3. The van der Waals surface area contributed by atoms with Crippen LogP contribution in [0.2, 0.25) is 0 Å². The van der Waals surface area contributed by atoms with Gasteiger partial charge in [-0.05, 0) is 35.9 Å². The molecule has 180 valence electrons. The fourth-order valence-corrected chi connectivity index (χ4v) is 4.86. The summed E-state index contributed by atoms with van der Waals surface area (Å²) in [5.41, 5.74) is 3.16. The minimum atomic E-state index is -1.15. The van der Waals surface area contributed by atoms with E-state index < -0.39 is 23.9 Å². The van der Waals surface area contributed by atoms with Gasteiger partial charge in [0.1, 0.15) is 17.3 Å². The van der Waals surface area contributed by atoms with E-state index in [9.17, 15) is 4.79 Å². The van der Waals surface area contributed by atoms with Crippen LogP contribution in [0.4, 0.5) is 10.1 Å². The number of nitrogens with one attached hydrogen (secondary N) is 2. The van der Waals surface area contributed by atoms with E-state index >= 15 is 4.39 Å². The van der Waals surface area contributed by atoms with Crippen LogP contribution in [0, 0.1) is 5.82 Å². The summed E-state index contributed by atoms with van der Waals surface area (Å²) in [5, 5.41) is 7.00. The van der Waals surface area contributed by atoms with Crippen LogP contribution in [0.1, 0.15) is 24.1 Å². The predicted molar refractivity (Wildman–Crippen MR) is 139 cm³/mol. The van der Waals surface area contributed by atoms with Crippen LogP contribution in [0.25, 0.3) is 11.0 Å². The standard InChI is InChI=1S/C28H20FN7O/c29-21-9-4-8-20-24(17-6-2-1-3-7-17)33-27(28(37)34-25(20)21)36-22(15-23-30-11-5-13-35(23)36)19-14-18-10-12-31-26(18)32-16-19/h1-16,22,27H,(H,31,32)(H,34,37)/t22?,27-/m0/s1/i15D.